The Morgan fingerprint density at radius 3 is 2.40 bits per heavy atom. The van der Waals surface area contributed by atoms with Crippen molar-refractivity contribution in [1.29, 1.82) is 0 Å². The first-order chi connectivity index (χ1) is 17.0. The topological polar surface area (TPSA) is 76.1 Å². The number of carbonyl (C=O) groups is 2. The van der Waals surface area contributed by atoms with Gasteiger partial charge in [-0.05, 0) is 35.4 Å². The third-order valence-electron chi connectivity index (χ3n) is 5.94. The van der Waals surface area contributed by atoms with Crippen LogP contribution in [0, 0.1) is 0 Å². The van der Waals surface area contributed by atoms with Gasteiger partial charge in [-0.2, -0.15) is 0 Å². The number of amides is 1. The van der Waals surface area contributed by atoms with Crippen molar-refractivity contribution in [2.24, 2.45) is 0 Å². The number of aliphatic hydroxyl groups is 1. The van der Waals surface area contributed by atoms with Gasteiger partial charge < -0.3 is 19.5 Å². The minimum atomic E-state index is -1.93. The van der Waals surface area contributed by atoms with Crippen molar-refractivity contribution in [1.82, 2.24) is 0 Å². The van der Waals surface area contributed by atoms with Gasteiger partial charge in [-0.25, -0.2) is 0 Å². The molecular weight excluding hydrogens is 442 g/mol. The zero-order valence-corrected chi connectivity index (χ0v) is 19.7. The summed E-state index contributed by atoms with van der Waals surface area (Å²) in [6.07, 6.45) is 6.28. The van der Waals surface area contributed by atoms with E-state index in [4.69, 9.17) is 9.47 Å². The smallest absolute Gasteiger partial charge is 0.264 e. The Labute approximate surface area is 204 Å². The Morgan fingerprint density at radius 1 is 0.943 bits per heavy atom. The van der Waals surface area contributed by atoms with Gasteiger partial charge >= 0.3 is 0 Å². The van der Waals surface area contributed by atoms with Gasteiger partial charge in [0, 0.05) is 5.56 Å². The van der Waals surface area contributed by atoms with Crippen molar-refractivity contribution >= 4 is 23.5 Å². The molecule has 1 aliphatic heterocycles. The van der Waals surface area contributed by atoms with Crippen LogP contribution in [0.3, 0.4) is 0 Å². The predicted octanol–water partition coefficient (Wildman–Crippen LogP) is 4.67. The lowest BCUT2D eigenvalue weighted by Crippen LogP contribution is -2.41. The molecule has 178 valence electrons. The van der Waals surface area contributed by atoms with Crippen LogP contribution in [0.25, 0.3) is 6.08 Å². The van der Waals surface area contributed by atoms with Gasteiger partial charge in [0.1, 0.15) is 0 Å². The number of nitrogens with zero attached hydrogens (tertiary/aromatic N) is 1. The lowest BCUT2D eigenvalue weighted by Gasteiger charge is -2.22. The normalized spacial score (nSPS) is 17.2. The summed E-state index contributed by atoms with van der Waals surface area (Å²) in [6.45, 7) is 0.211. The largest absolute Gasteiger partial charge is 0.493 e. The molecule has 4 rings (SSSR count). The fourth-order valence-electron chi connectivity index (χ4n) is 4.20. The van der Waals surface area contributed by atoms with E-state index in [0.29, 0.717) is 22.7 Å². The number of fused-ring (bicyclic) bond motifs is 1. The molecule has 3 aromatic carbocycles. The van der Waals surface area contributed by atoms with Gasteiger partial charge in [0.2, 0.25) is 0 Å². The molecule has 0 aliphatic carbocycles. The number of ketones is 1. The molecule has 6 nitrogen and oxygen atoms in total. The second kappa shape index (κ2) is 10.4. The molecule has 1 aliphatic rings. The Hall–Kier alpha value is -4.16. The number of ether oxygens (including phenoxy) is 2. The van der Waals surface area contributed by atoms with Gasteiger partial charge in [0.15, 0.2) is 22.9 Å². The van der Waals surface area contributed by atoms with Crippen LogP contribution < -0.4 is 14.4 Å². The molecule has 0 bridgehead atoms. The minimum Gasteiger partial charge on any atom is -0.493 e. The van der Waals surface area contributed by atoms with Crippen molar-refractivity contribution in [3.8, 4) is 11.5 Å². The number of benzene rings is 3. The molecule has 1 N–H and O–H groups in total. The summed E-state index contributed by atoms with van der Waals surface area (Å²) in [5.41, 5.74) is 0.876. The molecule has 0 fully saturated rings. The molecule has 0 aromatic heterocycles. The second-order valence-electron chi connectivity index (χ2n) is 8.23. The monoisotopic (exact) mass is 469 g/mol. The average molecular weight is 470 g/mol. The fraction of sp³-hybridized carbons (Fsp3) is 0.172. The molecule has 1 atom stereocenters. The number of methoxy groups -OCH3 is 2. The second-order valence-corrected chi connectivity index (χ2v) is 8.23. The summed E-state index contributed by atoms with van der Waals surface area (Å²) in [5.74, 6) is 0.250. The summed E-state index contributed by atoms with van der Waals surface area (Å²) in [6, 6.07) is 22.1. The number of carbonyl (C=O) groups excluding carboxylic acids is 2. The van der Waals surface area contributed by atoms with Crippen LogP contribution in [0.15, 0.2) is 91.0 Å². The third-order valence-corrected chi connectivity index (χ3v) is 5.94. The molecule has 35 heavy (non-hydrogen) atoms. The van der Waals surface area contributed by atoms with Crippen molar-refractivity contribution in [3.05, 3.63) is 108 Å². The summed E-state index contributed by atoms with van der Waals surface area (Å²) in [7, 11) is 3.10. The highest BCUT2D eigenvalue weighted by molar-refractivity contribution is 6.09. The summed E-state index contributed by atoms with van der Waals surface area (Å²) >= 11 is 0. The van der Waals surface area contributed by atoms with E-state index >= 15 is 0 Å². The Morgan fingerprint density at radius 2 is 1.66 bits per heavy atom. The number of hydrogen-bond donors (Lipinski definition) is 1. The lowest BCUT2D eigenvalue weighted by atomic mass is 9.90. The summed E-state index contributed by atoms with van der Waals surface area (Å²) in [5, 5.41) is 11.4. The van der Waals surface area contributed by atoms with Gasteiger partial charge in [0.05, 0.1) is 32.9 Å². The maximum Gasteiger partial charge on any atom is 0.264 e. The Bertz CT molecular complexity index is 1280. The quantitative estimate of drug-likeness (QED) is 0.364. The minimum absolute atomic E-state index is 0.211. The first kappa shape index (κ1) is 24.0. The van der Waals surface area contributed by atoms with Crippen LogP contribution in [0.2, 0.25) is 0 Å². The highest BCUT2D eigenvalue weighted by Gasteiger charge is 2.50. The first-order valence-corrected chi connectivity index (χ1v) is 11.2. The van der Waals surface area contributed by atoms with Crippen LogP contribution in [-0.4, -0.2) is 31.0 Å². The van der Waals surface area contributed by atoms with E-state index in [9.17, 15) is 14.7 Å². The van der Waals surface area contributed by atoms with E-state index in [1.54, 1.807) is 62.8 Å². The summed E-state index contributed by atoms with van der Waals surface area (Å²) < 4.78 is 10.7. The zero-order valence-electron chi connectivity index (χ0n) is 19.7. The van der Waals surface area contributed by atoms with Crippen LogP contribution in [-0.2, 0) is 21.7 Å². The molecule has 0 saturated carbocycles. The number of para-hydroxylation sites is 1. The van der Waals surface area contributed by atoms with E-state index in [1.807, 2.05) is 42.5 Å². The fourth-order valence-corrected chi connectivity index (χ4v) is 4.20. The summed E-state index contributed by atoms with van der Waals surface area (Å²) in [4.78, 5) is 27.7. The molecular formula is C29H27NO5. The Balaban J connectivity index is 1.53. The SMILES string of the molecule is COc1ccc(CN2C(=O)[C@@](O)(CC(=O)/C=C/C=C/c3ccccc3)c3ccccc32)cc1OC. The number of hydrogen-bond acceptors (Lipinski definition) is 5. The lowest BCUT2D eigenvalue weighted by molar-refractivity contribution is -0.140. The third kappa shape index (κ3) is 5.03. The molecule has 0 radical (unpaired) electrons. The van der Waals surface area contributed by atoms with Crippen LogP contribution in [0.4, 0.5) is 5.69 Å². The molecule has 3 aromatic rings. The molecule has 0 unspecified atom stereocenters. The maximum absolute atomic E-state index is 13.4. The number of anilines is 1. The van der Waals surface area contributed by atoms with E-state index < -0.39 is 11.5 Å². The van der Waals surface area contributed by atoms with Crippen molar-refractivity contribution in [3.63, 3.8) is 0 Å². The average Bonchev–Trinajstić information content (AvgIpc) is 3.09. The highest BCUT2D eigenvalue weighted by atomic mass is 16.5. The van der Waals surface area contributed by atoms with Crippen LogP contribution in [0.5, 0.6) is 11.5 Å². The predicted molar refractivity (Wildman–Crippen MR) is 135 cm³/mol. The molecule has 1 amide bonds. The van der Waals surface area contributed by atoms with Crippen molar-refractivity contribution in [2.45, 2.75) is 18.6 Å². The highest BCUT2D eigenvalue weighted by Crippen LogP contribution is 2.43. The van der Waals surface area contributed by atoms with Crippen LogP contribution in [0.1, 0.15) is 23.1 Å². The van der Waals surface area contributed by atoms with Crippen LogP contribution >= 0.6 is 0 Å². The first-order valence-electron chi connectivity index (χ1n) is 11.2. The van der Waals surface area contributed by atoms with Gasteiger partial charge in [-0.3, -0.25) is 9.59 Å². The van der Waals surface area contributed by atoms with E-state index in [-0.39, 0.29) is 18.7 Å². The number of allylic oxidation sites excluding steroid dienone is 3. The van der Waals surface area contributed by atoms with Gasteiger partial charge in [-0.1, -0.05) is 72.8 Å². The molecule has 1 heterocycles. The van der Waals surface area contributed by atoms with Crippen molar-refractivity contribution in [2.75, 3.05) is 19.1 Å². The Kier molecular flexibility index (Phi) is 7.13. The maximum atomic E-state index is 13.4. The molecule has 6 heteroatoms. The van der Waals surface area contributed by atoms with E-state index in [1.165, 1.54) is 11.0 Å². The van der Waals surface area contributed by atoms with Gasteiger partial charge in [0.25, 0.3) is 5.91 Å². The molecule has 0 spiro atoms. The molecule has 0 saturated heterocycles. The van der Waals surface area contributed by atoms with Gasteiger partial charge in [-0.15, -0.1) is 0 Å². The van der Waals surface area contributed by atoms with Crippen molar-refractivity contribution < 1.29 is 24.2 Å². The van der Waals surface area contributed by atoms with E-state index in [0.717, 1.165) is 11.1 Å². The van der Waals surface area contributed by atoms with E-state index in [2.05, 4.69) is 0 Å². The zero-order chi connectivity index (χ0) is 24.8. The number of rotatable bonds is 9. The standard InChI is InChI=1S/C29H27NO5/c1-34-26-17-16-22(18-27(26)35-2)20-30-25-15-9-8-14-24(25)29(33,28(30)32)19-23(31)13-7-6-12-21-10-4-3-5-11-21/h3-18,33H,19-20H2,1-2H3/b12-6+,13-7+/t29-/m1/s1.